The lowest BCUT2D eigenvalue weighted by Gasteiger charge is -2.40. The van der Waals surface area contributed by atoms with Crippen LogP contribution in [0.3, 0.4) is 0 Å². The van der Waals surface area contributed by atoms with Gasteiger partial charge in [0, 0.05) is 37.3 Å². The molecule has 0 aromatic carbocycles. The first-order valence-electron chi connectivity index (χ1n) is 5.93. The smallest absolute Gasteiger partial charge is 0.0642 e. The average Bonchev–Trinajstić information content (AvgIpc) is 2.25. The molecular formula is C12H22N2O. The number of morpholine rings is 1. The Hall–Kier alpha value is -0.540. The molecule has 1 saturated heterocycles. The molecule has 2 aliphatic rings. The Morgan fingerprint density at radius 2 is 1.93 bits per heavy atom. The summed E-state index contributed by atoms with van der Waals surface area (Å²) in [5.41, 5.74) is 1.53. The molecule has 0 aromatic rings. The summed E-state index contributed by atoms with van der Waals surface area (Å²) in [6.07, 6.45) is 2.42. The van der Waals surface area contributed by atoms with E-state index in [1.165, 1.54) is 12.2 Å². The summed E-state index contributed by atoms with van der Waals surface area (Å²) < 4.78 is 5.39. The van der Waals surface area contributed by atoms with Gasteiger partial charge in [-0.25, -0.2) is 0 Å². The molecule has 0 radical (unpaired) electrons. The number of ether oxygens (including phenoxy) is 1. The van der Waals surface area contributed by atoms with E-state index < -0.39 is 0 Å². The molecule has 0 amide bonds. The molecule has 2 rings (SSSR count). The van der Waals surface area contributed by atoms with Gasteiger partial charge >= 0.3 is 0 Å². The van der Waals surface area contributed by atoms with Crippen molar-refractivity contribution in [2.24, 2.45) is 5.92 Å². The molecule has 15 heavy (non-hydrogen) atoms. The van der Waals surface area contributed by atoms with Gasteiger partial charge in [0.2, 0.25) is 0 Å². The molecule has 86 valence electrons. The molecule has 0 saturated carbocycles. The molecule has 2 aliphatic heterocycles. The van der Waals surface area contributed by atoms with Gasteiger partial charge in [0.15, 0.2) is 0 Å². The first kappa shape index (κ1) is 11.0. The zero-order valence-corrected chi connectivity index (χ0v) is 10.1. The van der Waals surface area contributed by atoms with Crippen LogP contribution in [0.1, 0.15) is 13.8 Å². The molecule has 0 N–H and O–H groups in total. The molecule has 0 spiro atoms. The third kappa shape index (κ3) is 2.34. The van der Waals surface area contributed by atoms with E-state index in [2.05, 4.69) is 36.8 Å². The summed E-state index contributed by atoms with van der Waals surface area (Å²) in [4.78, 5) is 4.91. The van der Waals surface area contributed by atoms with Crippen molar-refractivity contribution in [3.8, 4) is 0 Å². The molecule has 2 heterocycles. The van der Waals surface area contributed by atoms with Crippen LogP contribution in [0.15, 0.2) is 11.8 Å². The maximum absolute atomic E-state index is 5.39. The van der Waals surface area contributed by atoms with Crippen LogP contribution in [-0.4, -0.2) is 55.7 Å². The van der Waals surface area contributed by atoms with Gasteiger partial charge in [-0.05, 0) is 20.0 Å². The van der Waals surface area contributed by atoms with E-state index >= 15 is 0 Å². The van der Waals surface area contributed by atoms with Gasteiger partial charge in [-0.15, -0.1) is 0 Å². The highest BCUT2D eigenvalue weighted by Gasteiger charge is 2.25. The van der Waals surface area contributed by atoms with Gasteiger partial charge < -0.3 is 9.64 Å². The second kappa shape index (κ2) is 4.54. The minimum Gasteiger partial charge on any atom is -0.378 e. The van der Waals surface area contributed by atoms with E-state index in [4.69, 9.17) is 4.74 Å². The summed E-state index contributed by atoms with van der Waals surface area (Å²) in [6.45, 7) is 9.65. The van der Waals surface area contributed by atoms with Crippen LogP contribution >= 0.6 is 0 Å². The van der Waals surface area contributed by atoms with Crippen molar-refractivity contribution < 1.29 is 4.74 Å². The maximum Gasteiger partial charge on any atom is 0.0642 e. The number of hydrogen-bond donors (Lipinski definition) is 0. The average molecular weight is 210 g/mol. The highest BCUT2D eigenvalue weighted by molar-refractivity contribution is 5.13. The minimum absolute atomic E-state index is 0.569. The third-order valence-corrected chi connectivity index (χ3v) is 3.55. The monoisotopic (exact) mass is 210 g/mol. The molecule has 3 heteroatoms. The lowest BCUT2D eigenvalue weighted by Crippen LogP contribution is -2.44. The fourth-order valence-electron chi connectivity index (χ4n) is 2.47. The van der Waals surface area contributed by atoms with Crippen molar-refractivity contribution in [1.82, 2.24) is 9.80 Å². The number of likely N-dealkylation sites (N-methyl/N-ethyl adjacent to an activating group) is 1. The largest absolute Gasteiger partial charge is 0.378 e. The Morgan fingerprint density at radius 3 is 2.60 bits per heavy atom. The molecule has 0 bridgehead atoms. The molecule has 3 nitrogen and oxygen atoms in total. The quantitative estimate of drug-likeness (QED) is 0.646. The SMILES string of the molecule is CC1CN(C)C(C)C=C1N1CCOCC1. The molecule has 2 unspecified atom stereocenters. The van der Waals surface area contributed by atoms with Crippen LogP contribution in [0.5, 0.6) is 0 Å². The fraction of sp³-hybridized carbons (Fsp3) is 0.833. The van der Waals surface area contributed by atoms with Crippen molar-refractivity contribution >= 4 is 0 Å². The molecule has 0 aliphatic carbocycles. The first-order chi connectivity index (χ1) is 7.18. The van der Waals surface area contributed by atoms with Crippen LogP contribution in [0.25, 0.3) is 0 Å². The molecule has 0 aromatic heterocycles. The Bertz CT molecular complexity index is 246. The van der Waals surface area contributed by atoms with E-state index in [1.54, 1.807) is 0 Å². The van der Waals surface area contributed by atoms with E-state index in [0.717, 1.165) is 26.3 Å². The van der Waals surface area contributed by atoms with Crippen molar-refractivity contribution in [3.63, 3.8) is 0 Å². The molecule has 1 fully saturated rings. The lowest BCUT2D eigenvalue weighted by molar-refractivity contribution is 0.0446. The summed E-state index contributed by atoms with van der Waals surface area (Å²) in [7, 11) is 2.20. The van der Waals surface area contributed by atoms with E-state index in [9.17, 15) is 0 Å². The summed E-state index contributed by atoms with van der Waals surface area (Å²) >= 11 is 0. The molecular weight excluding hydrogens is 188 g/mol. The Balaban J connectivity index is 2.08. The van der Waals surface area contributed by atoms with Crippen LogP contribution in [-0.2, 0) is 4.74 Å². The fourth-order valence-corrected chi connectivity index (χ4v) is 2.47. The highest BCUT2D eigenvalue weighted by Crippen LogP contribution is 2.24. The lowest BCUT2D eigenvalue weighted by atomic mass is 9.98. The standard InChI is InChI=1S/C12H22N2O/c1-10-9-13(3)11(2)8-12(10)14-4-6-15-7-5-14/h8,10-11H,4-7,9H2,1-3H3. The Kier molecular flexibility index (Phi) is 3.32. The van der Waals surface area contributed by atoms with Crippen molar-refractivity contribution in [2.75, 3.05) is 39.9 Å². The van der Waals surface area contributed by atoms with Gasteiger partial charge in [-0.1, -0.05) is 6.92 Å². The Labute approximate surface area is 92.7 Å². The van der Waals surface area contributed by atoms with Crippen LogP contribution in [0.4, 0.5) is 0 Å². The van der Waals surface area contributed by atoms with E-state index in [1.807, 2.05) is 0 Å². The minimum atomic E-state index is 0.569. The van der Waals surface area contributed by atoms with Gasteiger partial charge in [-0.2, -0.15) is 0 Å². The topological polar surface area (TPSA) is 15.7 Å². The van der Waals surface area contributed by atoms with Gasteiger partial charge in [-0.3, -0.25) is 4.90 Å². The predicted octanol–water partition coefficient (Wildman–Crippen LogP) is 1.17. The third-order valence-electron chi connectivity index (χ3n) is 3.55. The maximum atomic E-state index is 5.39. The van der Waals surface area contributed by atoms with Crippen LogP contribution in [0, 0.1) is 5.92 Å². The summed E-state index contributed by atoms with van der Waals surface area (Å²) in [5.74, 6) is 0.657. The second-order valence-corrected chi connectivity index (χ2v) is 4.77. The van der Waals surface area contributed by atoms with Gasteiger partial charge in [0.05, 0.1) is 13.2 Å². The van der Waals surface area contributed by atoms with Gasteiger partial charge in [0.25, 0.3) is 0 Å². The van der Waals surface area contributed by atoms with Crippen molar-refractivity contribution in [3.05, 3.63) is 11.8 Å². The zero-order valence-electron chi connectivity index (χ0n) is 10.1. The first-order valence-corrected chi connectivity index (χ1v) is 5.93. The summed E-state index contributed by atoms with van der Waals surface area (Å²) in [6, 6.07) is 0.569. The van der Waals surface area contributed by atoms with Crippen LogP contribution < -0.4 is 0 Å². The normalized spacial score (nSPS) is 34.1. The van der Waals surface area contributed by atoms with Crippen LogP contribution in [0.2, 0.25) is 0 Å². The Morgan fingerprint density at radius 1 is 1.27 bits per heavy atom. The summed E-state index contributed by atoms with van der Waals surface area (Å²) in [5, 5.41) is 0. The predicted molar refractivity (Wildman–Crippen MR) is 61.7 cm³/mol. The second-order valence-electron chi connectivity index (χ2n) is 4.77. The zero-order chi connectivity index (χ0) is 10.8. The van der Waals surface area contributed by atoms with E-state index in [0.29, 0.717) is 12.0 Å². The van der Waals surface area contributed by atoms with Crippen molar-refractivity contribution in [1.29, 1.82) is 0 Å². The number of hydrogen-bond acceptors (Lipinski definition) is 3. The number of rotatable bonds is 1. The number of nitrogens with zero attached hydrogens (tertiary/aromatic N) is 2. The highest BCUT2D eigenvalue weighted by atomic mass is 16.5. The van der Waals surface area contributed by atoms with E-state index in [-0.39, 0.29) is 0 Å². The van der Waals surface area contributed by atoms with Gasteiger partial charge in [0.1, 0.15) is 0 Å². The molecule has 2 atom stereocenters. The van der Waals surface area contributed by atoms with Crippen molar-refractivity contribution in [2.45, 2.75) is 19.9 Å².